The molecule has 0 amide bonds. The van der Waals surface area contributed by atoms with Crippen LogP contribution in [0.5, 0.6) is 0 Å². The Morgan fingerprint density at radius 3 is 2.27 bits per heavy atom. The second-order valence-corrected chi connectivity index (χ2v) is 2.29. The van der Waals surface area contributed by atoms with E-state index in [0.717, 1.165) is 12.8 Å². The molecule has 0 fully saturated rings. The predicted octanol–water partition coefficient (Wildman–Crippen LogP) is -2.02. The largest absolute Gasteiger partial charge is 1.00 e. The minimum Gasteiger partial charge on any atom is -0.854 e. The van der Waals surface area contributed by atoms with Crippen LogP contribution in [0.2, 0.25) is 0 Å². The molecule has 0 bridgehead atoms. The van der Waals surface area contributed by atoms with Crippen molar-refractivity contribution >= 4 is 0 Å². The molecule has 1 aromatic carbocycles. The van der Waals surface area contributed by atoms with Crippen LogP contribution in [0.25, 0.3) is 0 Å². The van der Waals surface area contributed by atoms with Crippen molar-refractivity contribution < 1.29 is 24.0 Å². The number of benzene rings is 1. The van der Waals surface area contributed by atoms with Crippen LogP contribution in [0.1, 0.15) is 12.0 Å². The van der Waals surface area contributed by atoms with Gasteiger partial charge in [0.15, 0.2) is 0 Å². The molecule has 0 aliphatic heterocycles. The van der Waals surface area contributed by atoms with E-state index in [1.54, 1.807) is 0 Å². The normalized spacial score (nSPS) is 8.82. The third kappa shape index (κ3) is 4.26. The molecular weight excluding hydrogens is 131 g/mol. The van der Waals surface area contributed by atoms with Crippen molar-refractivity contribution in [2.45, 2.75) is 12.8 Å². The molecule has 0 aliphatic rings. The Labute approximate surface area is 79.6 Å². The first-order valence-corrected chi connectivity index (χ1v) is 3.55. The Kier molecular flexibility index (Phi) is 6.35. The Morgan fingerprint density at radius 2 is 1.73 bits per heavy atom. The second kappa shape index (κ2) is 6.49. The zero-order valence-electron chi connectivity index (χ0n) is 6.92. The third-order valence-corrected chi connectivity index (χ3v) is 1.45. The zero-order chi connectivity index (χ0) is 7.23. The molecule has 0 radical (unpaired) electrons. The molecule has 0 aromatic heterocycles. The van der Waals surface area contributed by atoms with Crippen molar-refractivity contribution in [2.24, 2.45) is 0 Å². The van der Waals surface area contributed by atoms with E-state index in [9.17, 15) is 5.11 Å². The summed E-state index contributed by atoms with van der Waals surface area (Å²) in [6.07, 6.45) is 1.67. The molecule has 0 saturated heterocycles. The summed E-state index contributed by atoms with van der Waals surface area (Å²) < 4.78 is 0. The first-order valence-electron chi connectivity index (χ1n) is 3.55. The summed E-state index contributed by atoms with van der Waals surface area (Å²) in [5, 5.41) is 10.1. The van der Waals surface area contributed by atoms with Crippen LogP contribution in [0.15, 0.2) is 30.3 Å². The van der Waals surface area contributed by atoms with Crippen LogP contribution in [0, 0.1) is 0 Å². The molecule has 1 nitrogen and oxygen atoms in total. The molecule has 11 heavy (non-hydrogen) atoms. The smallest absolute Gasteiger partial charge is 0.854 e. The van der Waals surface area contributed by atoms with E-state index in [2.05, 4.69) is 12.1 Å². The monoisotopic (exact) mass is 142 g/mol. The second-order valence-electron chi connectivity index (χ2n) is 2.29. The maximum Gasteiger partial charge on any atom is 1.00 e. The minimum absolute atomic E-state index is 0. The van der Waals surface area contributed by atoms with Gasteiger partial charge in [-0.25, -0.2) is 0 Å². The molecule has 0 spiro atoms. The van der Waals surface area contributed by atoms with E-state index in [1.807, 2.05) is 18.2 Å². The molecule has 0 heterocycles. The topological polar surface area (TPSA) is 23.1 Å². The van der Waals surface area contributed by atoms with E-state index in [1.165, 1.54) is 5.56 Å². The molecule has 54 valence electrons. The van der Waals surface area contributed by atoms with Crippen molar-refractivity contribution in [3.05, 3.63) is 35.9 Å². The maximum absolute atomic E-state index is 10.1. The van der Waals surface area contributed by atoms with Gasteiger partial charge in [-0.15, -0.1) is 6.61 Å². The van der Waals surface area contributed by atoms with Crippen LogP contribution in [-0.4, -0.2) is 6.61 Å². The molecule has 1 aromatic rings. The van der Waals surface area contributed by atoms with E-state index < -0.39 is 0 Å². The van der Waals surface area contributed by atoms with Gasteiger partial charge in [-0.05, 0) is 12.0 Å². The van der Waals surface area contributed by atoms with Crippen molar-refractivity contribution in [1.82, 2.24) is 0 Å². The standard InChI is InChI=1S/C9H11O.Li/c10-8-4-7-9-5-2-1-3-6-9;/h1-3,5-6H,4,7-8H2;/q-1;+1. The van der Waals surface area contributed by atoms with Crippen molar-refractivity contribution in [3.8, 4) is 0 Å². The fraction of sp³-hybridized carbons (Fsp3) is 0.333. The number of hydrogen-bond acceptors (Lipinski definition) is 1. The van der Waals surface area contributed by atoms with Gasteiger partial charge in [-0.2, -0.15) is 0 Å². The van der Waals surface area contributed by atoms with Crippen molar-refractivity contribution in [3.63, 3.8) is 0 Å². The summed E-state index contributed by atoms with van der Waals surface area (Å²) in [5.41, 5.74) is 1.26. The van der Waals surface area contributed by atoms with E-state index in [0.29, 0.717) is 0 Å². The first kappa shape index (κ1) is 10.8. The minimum atomic E-state index is 0. The molecule has 0 unspecified atom stereocenters. The summed E-state index contributed by atoms with van der Waals surface area (Å²) in [7, 11) is 0. The quantitative estimate of drug-likeness (QED) is 0.447. The van der Waals surface area contributed by atoms with Gasteiger partial charge in [0.25, 0.3) is 0 Å². The average molecular weight is 142 g/mol. The van der Waals surface area contributed by atoms with Gasteiger partial charge in [0.2, 0.25) is 0 Å². The van der Waals surface area contributed by atoms with Crippen LogP contribution in [0.3, 0.4) is 0 Å². The van der Waals surface area contributed by atoms with Gasteiger partial charge in [0.1, 0.15) is 0 Å². The molecule has 1 rings (SSSR count). The third-order valence-electron chi connectivity index (χ3n) is 1.45. The predicted molar refractivity (Wildman–Crippen MR) is 39.6 cm³/mol. The van der Waals surface area contributed by atoms with Crippen LogP contribution in [-0.2, 0) is 6.42 Å². The molecular formula is C9H11LiO. The summed E-state index contributed by atoms with van der Waals surface area (Å²) in [6.45, 7) is 0.0366. The Morgan fingerprint density at radius 1 is 1.09 bits per heavy atom. The molecule has 0 atom stereocenters. The Balaban J connectivity index is 0.000001000. The van der Waals surface area contributed by atoms with Gasteiger partial charge >= 0.3 is 18.9 Å². The molecule has 0 aliphatic carbocycles. The van der Waals surface area contributed by atoms with Crippen LogP contribution >= 0.6 is 0 Å². The zero-order valence-corrected chi connectivity index (χ0v) is 6.92. The number of rotatable bonds is 3. The Hall–Kier alpha value is -0.223. The maximum atomic E-state index is 10.1. The van der Waals surface area contributed by atoms with Gasteiger partial charge in [0.05, 0.1) is 0 Å². The van der Waals surface area contributed by atoms with Crippen molar-refractivity contribution in [1.29, 1.82) is 0 Å². The van der Waals surface area contributed by atoms with Gasteiger partial charge in [-0.1, -0.05) is 36.8 Å². The molecule has 2 heteroatoms. The van der Waals surface area contributed by atoms with Crippen LogP contribution < -0.4 is 24.0 Å². The molecule has 0 saturated carbocycles. The summed E-state index contributed by atoms with van der Waals surface area (Å²) in [5.74, 6) is 0. The number of aryl methyl sites for hydroxylation is 1. The van der Waals surface area contributed by atoms with E-state index in [-0.39, 0.29) is 25.5 Å². The molecule has 0 N–H and O–H groups in total. The SMILES string of the molecule is [Li+].[O-]CCCc1ccccc1. The fourth-order valence-electron chi connectivity index (χ4n) is 0.921. The first-order chi connectivity index (χ1) is 4.93. The van der Waals surface area contributed by atoms with Gasteiger partial charge in [-0.3, -0.25) is 0 Å². The number of hydrogen-bond donors (Lipinski definition) is 0. The van der Waals surface area contributed by atoms with E-state index >= 15 is 0 Å². The average Bonchev–Trinajstić information content (AvgIpc) is 2.03. The summed E-state index contributed by atoms with van der Waals surface area (Å²) in [6, 6.07) is 10.1. The van der Waals surface area contributed by atoms with Crippen molar-refractivity contribution in [2.75, 3.05) is 6.61 Å². The van der Waals surface area contributed by atoms with Crippen LogP contribution in [0.4, 0.5) is 0 Å². The summed E-state index contributed by atoms with van der Waals surface area (Å²) >= 11 is 0. The van der Waals surface area contributed by atoms with Gasteiger partial charge in [0, 0.05) is 0 Å². The fourth-order valence-corrected chi connectivity index (χ4v) is 0.921. The Bertz CT molecular complexity index is 174. The summed E-state index contributed by atoms with van der Waals surface area (Å²) in [4.78, 5) is 0. The van der Waals surface area contributed by atoms with Gasteiger partial charge < -0.3 is 5.11 Å². The van der Waals surface area contributed by atoms with E-state index in [4.69, 9.17) is 0 Å².